The lowest BCUT2D eigenvalue weighted by Gasteiger charge is -2.03. The minimum Gasteiger partial charge on any atom is -0.506 e. The fraction of sp³-hybridized carbons (Fsp3) is 0. The Labute approximate surface area is 84.0 Å². The second-order valence-corrected chi connectivity index (χ2v) is 3.70. The van der Waals surface area contributed by atoms with Crippen molar-refractivity contribution in [2.75, 3.05) is 5.32 Å². The van der Waals surface area contributed by atoms with E-state index in [9.17, 15) is 9.90 Å². The molecule has 1 aromatic carbocycles. The molecule has 0 aliphatic carbocycles. The van der Waals surface area contributed by atoms with Crippen molar-refractivity contribution in [3.63, 3.8) is 0 Å². The molecular weight excluding hydrogens is 200 g/mol. The Morgan fingerprint density at radius 3 is 2.93 bits per heavy atom. The number of thiophene rings is 1. The number of hydrogen-bond donors (Lipinski definition) is 3. The molecule has 0 fully saturated rings. The van der Waals surface area contributed by atoms with Crippen LogP contribution in [0.3, 0.4) is 0 Å². The van der Waals surface area contributed by atoms with Crippen molar-refractivity contribution in [2.45, 2.75) is 0 Å². The maximum Gasteiger partial charge on any atom is 0.316 e. The van der Waals surface area contributed by atoms with Crippen LogP contribution in [0.15, 0.2) is 23.6 Å². The molecule has 0 unspecified atom stereocenters. The monoisotopic (exact) mass is 208 g/mol. The van der Waals surface area contributed by atoms with Gasteiger partial charge in [0.2, 0.25) is 0 Å². The lowest BCUT2D eigenvalue weighted by molar-refractivity contribution is 0.259. The van der Waals surface area contributed by atoms with Crippen molar-refractivity contribution in [1.29, 1.82) is 0 Å². The highest BCUT2D eigenvalue weighted by molar-refractivity contribution is 7.17. The van der Waals surface area contributed by atoms with Crippen molar-refractivity contribution >= 4 is 33.1 Å². The molecule has 0 saturated carbocycles. The van der Waals surface area contributed by atoms with Gasteiger partial charge in [-0.1, -0.05) is 0 Å². The molecule has 0 aliphatic rings. The number of primary amides is 1. The highest BCUT2D eigenvalue weighted by atomic mass is 32.1. The van der Waals surface area contributed by atoms with E-state index in [1.54, 1.807) is 6.07 Å². The largest absolute Gasteiger partial charge is 0.506 e. The molecule has 4 N–H and O–H groups in total. The summed E-state index contributed by atoms with van der Waals surface area (Å²) in [6.45, 7) is 0. The first-order valence-electron chi connectivity index (χ1n) is 3.94. The quantitative estimate of drug-likeness (QED) is 0.628. The van der Waals surface area contributed by atoms with Crippen LogP contribution < -0.4 is 11.1 Å². The van der Waals surface area contributed by atoms with Gasteiger partial charge in [-0.3, -0.25) is 0 Å². The highest BCUT2D eigenvalue weighted by Crippen LogP contribution is 2.34. The van der Waals surface area contributed by atoms with Gasteiger partial charge in [-0.15, -0.1) is 11.3 Å². The summed E-state index contributed by atoms with van der Waals surface area (Å²) < 4.78 is 0.747. The van der Waals surface area contributed by atoms with Gasteiger partial charge in [0.05, 0.1) is 10.4 Å². The van der Waals surface area contributed by atoms with Crippen molar-refractivity contribution in [3.8, 4) is 5.75 Å². The molecule has 0 aliphatic heterocycles. The van der Waals surface area contributed by atoms with Crippen LogP contribution in [-0.4, -0.2) is 11.1 Å². The van der Waals surface area contributed by atoms with Gasteiger partial charge in [-0.25, -0.2) is 4.79 Å². The molecule has 1 heterocycles. The molecule has 0 saturated heterocycles. The third-order valence-corrected chi connectivity index (χ3v) is 2.79. The summed E-state index contributed by atoms with van der Waals surface area (Å²) in [4.78, 5) is 10.7. The minimum absolute atomic E-state index is 0.213. The highest BCUT2D eigenvalue weighted by Gasteiger charge is 2.07. The second kappa shape index (κ2) is 3.19. The van der Waals surface area contributed by atoms with E-state index in [0.717, 1.165) is 10.1 Å². The Morgan fingerprint density at radius 1 is 1.43 bits per heavy atom. The van der Waals surface area contributed by atoms with Crippen LogP contribution in [0.1, 0.15) is 0 Å². The number of nitrogens with one attached hydrogen (secondary N) is 1. The van der Waals surface area contributed by atoms with Crippen LogP contribution in [0.4, 0.5) is 10.5 Å². The Balaban J connectivity index is 2.60. The van der Waals surface area contributed by atoms with Gasteiger partial charge < -0.3 is 16.2 Å². The second-order valence-electron chi connectivity index (χ2n) is 2.78. The Morgan fingerprint density at radius 2 is 2.21 bits per heavy atom. The molecule has 4 nitrogen and oxygen atoms in total. The lowest BCUT2D eigenvalue weighted by Crippen LogP contribution is -2.19. The Bertz CT molecular complexity index is 493. The van der Waals surface area contributed by atoms with E-state index >= 15 is 0 Å². The van der Waals surface area contributed by atoms with Crippen LogP contribution in [0.25, 0.3) is 10.1 Å². The number of amides is 2. The van der Waals surface area contributed by atoms with Gasteiger partial charge >= 0.3 is 6.03 Å². The summed E-state index contributed by atoms with van der Waals surface area (Å²) in [5.74, 6) is 0.213. The third-order valence-electron chi connectivity index (χ3n) is 1.85. The normalized spacial score (nSPS) is 10.3. The number of carbonyl (C=O) groups excluding carboxylic acids is 1. The van der Waals surface area contributed by atoms with Crippen LogP contribution in [0.2, 0.25) is 0 Å². The van der Waals surface area contributed by atoms with Crippen molar-refractivity contribution in [2.24, 2.45) is 5.73 Å². The number of nitrogens with two attached hydrogens (primary N) is 1. The van der Waals surface area contributed by atoms with Crippen LogP contribution in [0, 0.1) is 0 Å². The van der Waals surface area contributed by atoms with E-state index in [1.165, 1.54) is 17.4 Å². The maximum absolute atomic E-state index is 10.7. The van der Waals surface area contributed by atoms with Crippen molar-refractivity contribution < 1.29 is 9.90 Å². The first kappa shape index (κ1) is 8.83. The topological polar surface area (TPSA) is 75.4 Å². The molecule has 2 aromatic rings. The molecule has 2 rings (SSSR count). The smallest absolute Gasteiger partial charge is 0.316 e. The third kappa shape index (κ3) is 1.38. The number of rotatable bonds is 1. The standard InChI is InChI=1S/C9H8N2O2S/c10-9(13)11-6-1-2-7(12)8-5(6)3-4-14-8/h1-4,12H,(H3,10,11,13). The summed E-state index contributed by atoms with van der Waals surface area (Å²) in [5.41, 5.74) is 5.63. The summed E-state index contributed by atoms with van der Waals surface area (Å²) in [6.07, 6.45) is 0. The molecule has 1 aromatic heterocycles. The predicted molar refractivity (Wildman–Crippen MR) is 56.7 cm³/mol. The van der Waals surface area contributed by atoms with Gasteiger partial charge in [-0.2, -0.15) is 0 Å². The van der Waals surface area contributed by atoms with Crippen molar-refractivity contribution in [1.82, 2.24) is 0 Å². The number of urea groups is 1. The van der Waals surface area contributed by atoms with Gasteiger partial charge in [0, 0.05) is 5.39 Å². The number of phenols is 1. The van der Waals surface area contributed by atoms with Crippen molar-refractivity contribution in [3.05, 3.63) is 23.6 Å². The predicted octanol–water partition coefficient (Wildman–Crippen LogP) is 2.10. The molecule has 0 bridgehead atoms. The van der Waals surface area contributed by atoms with E-state index in [0.29, 0.717) is 5.69 Å². The van der Waals surface area contributed by atoms with E-state index < -0.39 is 6.03 Å². The van der Waals surface area contributed by atoms with Gasteiger partial charge in [0.1, 0.15) is 5.75 Å². The molecule has 14 heavy (non-hydrogen) atoms. The zero-order valence-electron chi connectivity index (χ0n) is 7.15. The van der Waals surface area contributed by atoms with E-state index in [1.807, 2.05) is 11.4 Å². The molecule has 72 valence electrons. The molecule has 0 spiro atoms. The molecule has 5 heteroatoms. The Kier molecular flexibility index (Phi) is 2.01. The van der Waals surface area contributed by atoms with E-state index in [2.05, 4.69) is 5.32 Å². The maximum atomic E-state index is 10.7. The fourth-order valence-electron chi connectivity index (χ4n) is 1.29. The van der Waals surface area contributed by atoms with E-state index in [-0.39, 0.29) is 5.75 Å². The molecule has 0 radical (unpaired) electrons. The SMILES string of the molecule is NC(=O)Nc1ccc(O)c2sccc12. The van der Waals surface area contributed by atoms with Crippen LogP contribution >= 0.6 is 11.3 Å². The number of anilines is 1. The van der Waals surface area contributed by atoms with Gasteiger partial charge in [-0.05, 0) is 23.6 Å². The van der Waals surface area contributed by atoms with Gasteiger partial charge in [0.25, 0.3) is 0 Å². The Hall–Kier alpha value is -1.75. The lowest BCUT2D eigenvalue weighted by atomic mass is 10.2. The number of hydrogen-bond acceptors (Lipinski definition) is 3. The average molecular weight is 208 g/mol. The molecule has 0 atom stereocenters. The summed E-state index contributed by atoms with van der Waals surface area (Å²) in [6, 6.07) is 4.37. The van der Waals surface area contributed by atoms with E-state index in [4.69, 9.17) is 5.73 Å². The number of aromatic hydroxyl groups is 1. The first-order valence-corrected chi connectivity index (χ1v) is 4.82. The summed E-state index contributed by atoms with van der Waals surface area (Å²) >= 11 is 1.41. The number of fused-ring (bicyclic) bond motifs is 1. The minimum atomic E-state index is -0.608. The molecule has 2 amide bonds. The zero-order chi connectivity index (χ0) is 10.1. The number of phenolic OH excluding ortho intramolecular Hbond substituents is 1. The van der Waals surface area contributed by atoms with Crippen LogP contribution in [0.5, 0.6) is 5.75 Å². The fourth-order valence-corrected chi connectivity index (χ4v) is 2.12. The summed E-state index contributed by atoms with van der Waals surface area (Å²) in [7, 11) is 0. The van der Waals surface area contributed by atoms with Gasteiger partial charge in [0.15, 0.2) is 0 Å². The molecular formula is C9H8N2O2S. The number of carbonyl (C=O) groups is 1. The zero-order valence-corrected chi connectivity index (χ0v) is 7.97. The summed E-state index contributed by atoms with van der Waals surface area (Å²) in [5, 5.41) is 14.6. The van der Waals surface area contributed by atoms with Crippen LogP contribution in [-0.2, 0) is 0 Å². The average Bonchev–Trinajstić information content (AvgIpc) is 2.58. The first-order chi connectivity index (χ1) is 6.68. The number of benzene rings is 1.